The maximum absolute atomic E-state index is 13.6. The van der Waals surface area contributed by atoms with Crippen LogP contribution in [-0.2, 0) is 10.0 Å². The van der Waals surface area contributed by atoms with Gasteiger partial charge in [-0.1, -0.05) is 0 Å². The molecular formula is C12H11BrFN3O2S. The molecule has 0 fully saturated rings. The molecular weight excluding hydrogens is 349 g/mol. The van der Waals surface area contributed by atoms with Crippen molar-refractivity contribution >= 4 is 37.5 Å². The number of rotatable bonds is 3. The molecule has 1 aromatic carbocycles. The summed E-state index contributed by atoms with van der Waals surface area (Å²) in [7, 11) is -4.08. The van der Waals surface area contributed by atoms with Crippen molar-refractivity contribution in [1.29, 1.82) is 0 Å². The minimum absolute atomic E-state index is 0.104. The van der Waals surface area contributed by atoms with Crippen LogP contribution in [0.15, 0.2) is 39.7 Å². The fraction of sp³-hybridized carbons (Fsp3) is 0.0833. The second-order valence-corrected chi connectivity index (χ2v) is 6.56. The lowest BCUT2D eigenvalue weighted by Gasteiger charge is -2.09. The lowest BCUT2D eigenvalue weighted by atomic mass is 10.3. The van der Waals surface area contributed by atoms with Gasteiger partial charge in [0.25, 0.3) is 10.0 Å². The highest BCUT2D eigenvalue weighted by atomic mass is 79.9. The standard InChI is InChI=1S/C12H11BrFN3O2S/c1-7-9(13)3-5-12(16-7)17-20(18,19)11-6-8(15)2-4-10(11)14/h2-6H,15H2,1H3,(H,16,17). The van der Waals surface area contributed by atoms with E-state index >= 15 is 0 Å². The molecule has 0 amide bonds. The molecule has 2 aromatic rings. The summed E-state index contributed by atoms with van der Waals surface area (Å²) in [6.07, 6.45) is 0. The van der Waals surface area contributed by atoms with E-state index in [1.807, 2.05) is 0 Å². The number of aryl methyl sites for hydroxylation is 1. The maximum atomic E-state index is 13.6. The summed E-state index contributed by atoms with van der Waals surface area (Å²) < 4.78 is 40.8. The zero-order valence-electron chi connectivity index (χ0n) is 10.4. The van der Waals surface area contributed by atoms with Crippen LogP contribution in [0.4, 0.5) is 15.9 Å². The summed E-state index contributed by atoms with van der Waals surface area (Å²) >= 11 is 3.26. The first-order valence-electron chi connectivity index (χ1n) is 5.50. The van der Waals surface area contributed by atoms with Gasteiger partial charge < -0.3 is 5.73 Å². The Hall–Kier alpha value is -1.67. The van der Waals surface area contributed by atoms with Gasteiger partial charge in [0.1, 0.15) is 16.5 Å². The molecule has 0 radical (unpaired) electrons. The van der Waals surface area contributed by atoms with Crippen molar-refractivity contribution in [2.75, 3.05) is 10.5 Å². The molecule has 0 atom stereocenters. The van der Waals surface area contributed by atoms with E-state index in [0.717, 1.165) is 16.6 Å². The number of aromatic nitrogens is 1. The first-order chi connectivity index (χ1) is 9.29. The first-order valence-corrected chi connectivity index (χ1v) is 7.78. The predicted octanol–water partition coefficient (Wildman–Crippen LogP) is 2.67. The molecule has 0 unspecified atom stereocenters. The molecule has 0 saturated carbocycles. The van der Waals surface area contributed by atoms with Crippen LogP contribution in [0.1, 0.15) is 5.69 Å². The second kappa shape index (κ2) is 5.37. The highest BCUT2D eigenvalue weighted by Crippen LogP contribution is 2.22. The highest BCUT2D eigenvalue weighted by Gasteiger charge is 2.20. The van der Waals surface area contributed by atoms with E-state index in [-0.39, 0.29) is 11.5 Å². The molecule has 0 aliphatic carbocycles. The average molecular weight is 360 g/mol. The van der Waals surface area contributed by atoms with Gasteiger partial charge in [0.2, 0.25) is 0 Å². The van der Waals surface area contributed by atoms with Crippen molar-refractivity contribution in [3.63, 3.8) is 0 Å². The van der Waals surface area contributed by atoms with Gasteiger partial charge in [0.05, 0.1) is 5.69 Å². The number of pyridine rings is 1. The van der Waals surface area contributed by atoms with Crippen molar-refractivity contribution in [2.45, 2.75) is 11.8 Å². The van der Waals surface area contributed by atoms with Crippen molar-refractivity contribution in [1.82, 2.24) is 4.98 Å². The summed E-state index contributed by atoms with van der Waals surface area (Å²) in [4.78, 5) is 3.53. The Morgan fingerprint density at radius 3 is 2.65 bits per heavy atom. The normalized spacial score (nSPS) is 11.3. The van der Waals surface area contributed by atoms with E-state index in [1.165, 1.54) is 12.1 Å². The summed E-state index contributed by atoms with van der Waals surface area (Å²) in [6, 6.07) is 6.47. The van der Waals surface area contributed by atoms with Crippen molar-refractivity contribution in [3.8, 4) is 0 Å². The number of nitrogens with one attached hydrogen (secondary N) is 1. The molecule has 106 valence electrons. The molecule has 0 bridgehead atoms. The smallest absolute Gasteiger partial charge is 0.266 e. The lowest BCUT2D eigenvalue weighted by Crippen LogP contribution is -2.16. The van der Waals surface area contributed by atoms with E-state index < -0.39 is 20.7 Å². The van der Waals surface area contributed by atoms with Crippen molar-refractivity contribution < 1.29 is 12.8 Å². The largest absolute Gasteiger partial charge is 0.399 e. The summed E-state index contributed by atoms with van der Waals surface area (Å²) in [6.45, 7) is 1.71. The molecule has 0 aliphatic rings. The topological polar surface area (TPSA) is 85.1 Å². The fourth-order valence-corrected chi connectivity index (χ4v) is 2.86. The van der Waals surface area contributed by atoms with E-state index in [1.54, 1.807) is 13.0 Å². The third-order valence-corrected chi connectivity index (χ3v) is 4.71. The number of nitrogens with zero attached hydrogens (tertiary/aromatic N) is 1. The van der Waals surface area contributed by atoms with Gasteiger partial charge in [-0.25, -0.2) is 17.8 Å². The third-order valence-electron chi connectivity index (χ3n) is 2.51. The highest BCUT2D eigenvalue weighted by molar-refractivity contribution is 9.10. The third kappa shape index (κ3) is 3.07. The van der Waals surface area contributed by atoms with Gasteiger partial charge in [-0.3, -0.25) is 4.72 Å². The van der Waals surface area contributed by atoms with Crippen LogP contribution in [0, 0.1) is 12.7 Å². The van der Waals surface area contributed by atoms with Gasteiger partial charge >= 0.3 is 0 Å². The zero-order chi connectivity index (χ0) is 14.9. The number of benzene rings is 1. The van der Waals surface area contributed by atoms with Crippen LogP contribution in [-0.4, -0.2) is 13.4 Å². The zero-order valence-corrected chi connectivity index (χ0v) is 12.8. The molecule has 0 spiro atoms. The summed E-state index contributed by atoms with van der Waals surface area (Å²) in [5.41, 5.74) is 6.25. The molecule has 3 N–H and O–H groups in total. The number of sulfonamides is 1. The number of nitrogen functional groups attached to an aromatic ring is 1. The van der Waals surface area contributed by atoms with E-state index in [2.05, 4.69) is 25.6 Å². The SMILES string of the molecule is Cc1nc(NS(=O)(=O)c2cc(N)ccc2F)ccc1Br. The van der Waals surface area contributed by atoms with Crippen LogP contribution in [0.2, 0.25) is 0 Å². The van der Waals surface area contributed by atoms with Crippen LogP contribution in [0.25, 0.3) is 0 Å². The quantitative estimate of drug-likeness (QED) is 0.825. The minimum atomic E-state index is -4.08. The Balaban J connectivity index is 2.40. The molecule has 0 aliphatic heterocycles. The van der Waals surface area contributed by atoms with Gasteiger partial charge in [0, 0.05) is 10.2 Å². The van der Waals surface area contributed by atoms with Crippen LogP contribution >= 0.6 is 15.9 Å². The summed E-state index contributed by atoms with van der Waals surface area (Å²) in [5.74, 6) is -0.770. The van der Waals surface area contributed by atoms with E-state index in [4.69, 9.17) is 5.73 Å². The summed E-state index contributed by atoms with van der Waals surface area (Å²) in [5, 5.41) is 0. The number of anilines is 2. The monoisotopic (exact) mass is 359 g/mol. The lowest BCUT2D eigenvalue weighted by molar-refractivity contribution is 0.570. The molecule has 20 heavy (non-hydrogen) atoms. The number of hydrogen-bond acceptors (Lipinski definition) is 4. The molecule has 8 heteroatoms. The number of halogens is 2. The van der Waals surface area contributed by atoms with Gasteiger partial charge in [-0.15, -0.1) is 0 Å². The Labute approximate surface area is 124 Å². The van der Waals surface area contributed by atoms with Crippen LogP contribution < -0.4 is 10.5 Å². The molecule has 5 nitrogen and oxygen atoms in total. The molecule has 0 saturated heterocycles. The number of nitrogens with two attached hydrogens (primary N) is 1. The van der Waals surface area contributed by atoms with Crippen LogP contribution in [0.3, 0.4) is 0 Å². The van der Waals surface area contributed by atoms with Gasteiger partial charge in [-0.05, 0) is 53.2 Å². The Morgan fingerprint density at radius 2 is 2.00 bits per heavy atom. The second-order valence-electron chi connectivity index (χ2n) is 4.06. The average Bonchev–Trinajstić information content (AvgIpc) is 2.36. The van der Waals surface area contributed by atoms with E-state index in [9.17, 15) is 12.8 Å². The number of hydrogen-bond donors (Lipinski definition) is 2. The maximum Gasteiger partial charge on any atom is 0.266 e. The first kappa shape index (κ1) is 14.7. The Kier molecular flexibility index (Phi) is 3.96. The van der Waals surface area contributed by atoms with Crippen molar-refractivity contribution in [2.24, 2.45) is 0 Å². The van der Waals surface area contributed by atoms with Crippen LogP contribution in [0.5, 0.6) is 0 Å². The minimum Gasteiger partial charge on any atom is -0.399 e. The molecule has 1 heterocycles. The molecule has 1 aromatic heterocycles. The fourth-order valence-electron chi connectivity index (χ4n) is 1.52. The van der Waals surface area contributed by atoms with Crippen molar-refractivity contribution in [3.05, 3.63) is 46.3 Å². The Bertz CT molecular complexity index is 765. The van der Waals surface area contributed by atoms with E-state index in [0.29, 0.717) is 5.69 Å². The van der Waals surface area contributed by atoms with Gasteiger partial charge in [-0.2, -0.15) is 0 Å². The predicted molar refractivity (Wildman–Crippen MR) is 78.3 cm³/mol. The van der Waals surface area contributed by atoms with Gasteiger partial charge in [0.15, 0.2) is 0 Å². The Morgan fingerprint density at radius 1 is 1.30 bits per heavy atom. The molecule has 2 rings (SSSR count).